The van der Waals surface area contributed by atoms with Gasteiger partial charge in [0.15, 0.2) is 0 Å². The monoisotopic (exact) mass is 589 g/mol. The Hall–Kier alpha value is 0.403. The Bertz CT molecular complexity index is 470. The van der Waals surface area contributed by atoms with Crippen LogP contribution in [0.5, 0.6) is 0 Å². The zero-order valence-electron chi connectivity index (χ0n) is 22.7. The van der Waals surface area contributed by atoms with E-state index in [9.17, 15) is 0 Å². The largest absolute Gasteiger partial charge is 1.00 e. The molecule has 0 bridgehead atoms. The molecule has 0 N–H and O–H groups in total. The summed E-state index contributed by atoms with van der Waals surface area (Å²) >= 11 is 5.23. The maximum atomic E-state index is 8.00. The van der Waals surface area contributed by atoms with Gasteiger partial charge < -0.3 is 4.79 Å². The molecule has 0 unspecified atom stereocenters. The average molecular weight is 589 g/mol. The number of hydrogen-bond acceptors (Lipinski definition) is 1. The zero-order valence-corrected chi connectivity index (χ0v) is 27.0. The molecular weight excluding hydrogens is 539 g/mol. The fourth-order valence-electron chi connectivity index (χ4n) is 4.19. The molecule has 0 heterocycles. The van der Waals surface area contributed by atoms with Crippen molar-refractivity contribution in [3.63, 3.8) is 0 Å². The Morgan fingerprint density at radius 3 is 1.06 bits per heavy atom. The summed E-state index contributed by atoms with van der Waals surface area (Å²) in [5, 5.41) is 0. The molecule has 5 heteroatoms. The van der Waals surface area contributed by atoms with Crippen LogP contribution in [0.2, 0.25) is 0 Å². The maximum absolute atomic E-state index is 8.00. The van der Waals surface area contributed by atoms with Crippen LogP contribution in [0.3, 0.4) is 0 Å². The second kappa shape index (κ2) is 24.5. The first kappa shape index (κ1) is 39.6. The van der Waals surface area contributed by atoms with Gasteiger partial charge in [0.25, 0.3) is 0 Å². The molecule has 0 aliphatic heterocycles. The van der Waals surface area contributed by atoms with Gasteiger partial charge in [-0.2, -0.15) is 11.1 Å². The van der Waals surface area contributed by atoms with Crippen molar-refractivity contribution in [1.82, 2.24) is 0 Å². The van der Waals surface area contributed by atoms with E-state index in [0.29, 0.717) is 0 Å². The van der Waals surface area contributed by atoms with Crippen LogP contribution in [0, 0.1) is 5.54 Å². The standard InChI is InChI=1S/2C9H21P.C8H6Cl.CH2O.Ru/c2*1-7(2)10(8(3)4)9(5)6;9-7-6-8-4-2-1-3-5-8;1-2;/h2*7-9H,1-6H3;1-6H;1H2;/q;;-1;;+1. The molecule has 0 aliphatic carbocycles. The first-order valence-electron chi connectivity index (χ1n) is 11.4. The van der Waals surface area contributed by atoms with Crippen molar-refractivity contribution in [3.05, 3.63) is 41.4 Å². The second-order valence-corrected chi connectivity index (χ2v) is 17.3. The van der Waals surface area contributed by atoms with Gasteiger partial charge in [-0.1, -0.05) is 117 Å². The van der Waals surface area contributed by atoms with E-state index >= 15 is 0 Å². The Morgan fingerprint density at radius 1 is 0.656 bits per heavy atom. The normalized spacial score (nSPS) is 10.9. The topological polar surface area (TPSA) is 17.1 Å². The summed E-state index contributed by atoms with van der Waals surface area (Å²) < 4.78 is 0. The molecular formula is C27H50ClOP2Ru. The van der Waals surface area contributed by atoms with Crippen LogP contribution in [0.1, 0.15) is 88.6 Å². The van der Waals surface area contributed by atoms with Crippen molar-refractivity contribution in [3.8, 4) is 0 Å². The molecule has 32 heavy (non-hydrogen) atoms. The third-order valence-electron chi connectivity index (χ3n) is 4.60. The molecule has 189 valence electrons. The van der Waals surface area contributed by atoms with E-state index in [-0.39, 0.29) is 35.3 Å². The third kappa shape index (κ3) is 21.0. The number of carbonyl (C=O) groups is 1. The van der Waals surface area contributed by atoms with Crippen LogP contribution in [-0.2, 0) is 24.3 Å². The number of rotatable bonds is 7. The number of benzene rings is 1. The van der Waals surface area contributed by atoms with Crippen LogP contribution in [-0.4, -0.2) is 40.7 Å². The molecule has 0 saturated carbocycles. The minimum Gasteiger partial charge on any atom is -0.307 e. The van der Waals surface area contributed by atoms with Crippen LogP contribution in [0.4, 0.5) is 0 Å². The summed E-state index contributed by atoms with van der Waals surface area (Å²) in [7, 11) is 0.525. The van der Waals surface area contributed by atoms with Crippen molar-refractivity contribution in [1.29, 1.82) is 0 Å². The van der Waals surface area contributed by atoms with Gasteiger partial charge in [0, 0.05) is 0 Å². The van der Waals surface area contributed by atoms with Gasteiger partial charge >= 0.3 is 19.5 Å². The predicted molar refractivity (Wildman–Crippen MR) is 152 cm³/mol. The summed E-state index contributed by atoms with van der Waals surface area (Å²) in [6.45, 7) is 30.2. The van der Waals surface area contributed by atoms with E-state index in [1.54, 1.807) is 6.08 Å². The predicted octanol–water partition coefficient (Wildman–Crippen LogP) is 9.90. The fourth-order valence-corrected chi connectivity index (χ4v) is 11.5. The van der Waals surface area contributed by atoms with Crippen LogP contribution >= 0.6 is 27.4 Å². The molecule has 0 aliphatic rings. The number of carbonyl (C=O) groups excluding carboxylic acids is 1. The van der Waals surface area contributed by atoms with Crippen molar-refractivity contribution < 1.29 is 24.3 Å². The van der Waals surface area contributed by atoms with Gasteiger partial charge in [-0.3, -0.25) is 0 Å². The molecule has 0 amide bonds. The average Bonchev–Trinajstić information content (AvgIpc) is 2.63. The van der Waals surface area contributed by atoms with E-state index in [1.165, 1.54) is 0 Å². The first-order chi connectivity index (χ1) is 14.4. The molecule has 0 fully saturated rings. The van der Waals surface area contributed by atoms with Crippen LogP contribution in [0.25, 0.3) is 6.08 Å². The molecule has 1 radical (unpaired) electrons. The minimum absolute atomic E-state index is 0. The Labute approximate surface area is 222 Å². The Morgan fingerprint density at radius 2 is 0.906 bits per heavy atom. The van der Waals surface area contributed by atoms with Gasteiger partial charge in [-0.25, -0.2) is 17.7 Å². The zero-order chi connectivity index (χ0) is 25.1. The molecule has 1 aromatic rings. The van der Waals surface area contributed by atoms with Crippen molar-refractivity contribution in [2.24, 2.45) is 0 Å². The van der Waals surface area contributed by atoms with Gasteiger partial charge in [-0.05, 0) is 34.0 Å². The van der Waals surface area contributed by atoms with E-state index in [2.05, 4.69) is 88.6 Å². The summed E-state index contributed by atoms with van der Waals surface area (Å²) in [5.74, 6) is 0. The van der Waals surface area contributed by atoms with Gasteiger partial charge in [0.1, 0.15) is 6.79 Å². The molecule has 1 nitrogen and oxygen atoms in total. The van der Waals surface area contributed by atoms with E-state index in [1.807, 2.05) is 37.1 Å². The van der Waals surface area contributed by atoms with Gasteiger partial charge in [-0.15, -0.1) is 12.1 Å². The van der Waals surface area contributed by atoms with Crippen molar-refractivity contribution >= 4 is 40.3 Å². The summed E-state index contributed by atoms with van der Waals surface area (Å²) in [6.07, 6.45) is 1.72. The van der Waals surface area contributed by atoms with Crippen molar-refractivity contribution in [2.45, 2.75) is 117 Å². The second-order valence-electron chi connectivity index (χ2n) is 9.12. The van der Waals surface area contributed by atoms with Gasteiger partial charge in [0.05, 0.1) is 0 Å². The van der Waals surface area contributed by atoms with Gasteiger partial charge in [0.2, 0.25) is 0 Å². The van der Waals surface area contributed by atoms with E-state index in [4.69, 9.17) is 16.4 Å². The molecule has 0 atom stereocenters. The third-order valence-corrected chi connectivity index (χ3v) is 11.9. The number of halogens is 1. The van der Waals surface area contributed by atoms with E-state index < -0.39 is 0 Å². The Kier molecular flexibility index (Phi) is 30.4. The van der Waals surface area contributed by atoms with Crippen molar-refractivity contribution in [2.75, 3.05) is 0 Å². The van der Waals surface area contributed by atoms with Crippen LogP contribution < -0.4 is 0 Å². The maximum Gasteiger partial charge on any atom is 1.00 e. The fraction of sp³-hybridized carbons (Fsp3) is 0.667. The van der Waals surface area contributed by atoms with E-state index in [0.717, 1.165) is 39.5 Å². The molecule has 1 aromatic carbocycles. The Balaban J connectivity index is -0.000000174. The summed E-state index contributed by atoms with van der Waals surface area (Å²) in [4.78, 5) is 8.00. The quantitative estimate of drug-likeness (QED) is 0.176. The molecule has 0 saturated heterocycles. The first-order valence-corrected chi connectivity index (χ1v) is 14.9. The minimum atomic E-state index is 0. The number of hydrogen-bond donors (Lipinski definition) is 0. The molecule has 0 spiro atoms. The summed E-state index contributed by atoms with van der Waals surface area (Å²) in [6, 6.07) is 9.82. The smallest absolute Gasteiger partial charge is 0.307 e. The molecule has 1 rings (SSSR count). The SMILES string of the molecule is C=O.CC(C)P(C(C)C)C(C)C.CC(C)P(C(C)C)C(C)C.Cl[C-]=Cc1ccccc1.[Ru+]. The summed E-state index contributed by atoms with van der Waals surface area (Å²) in [5.41, 5.74) is 8.90. The molecule has 0 aromatic heterocycles. The van der Waals surface area contributed by atoms with Crippen LogP contribution in [0.15, 0.2) is 30.3 Å².